The van der Waals surface area contributed by atoms with Crippen LogP contribution in [0.4, 0.5) is 0 Å². The predicted octanol–water partition coefficient (Wildman–Crippen LogP) is 2.77. The number of methoxy groups -OCH3 is 1. The summed E-state index contributed by atoms with van der Waals surface area (Å²) < 4.78 is 6.56. The fraction of sp³-hybridized carbons (Fsp3) is 0.588. The van der Waals surface area contributed by atoms with E-state index in [-0.39, 0.29) is 23.7 Å². The molecule has 1 saturated heterocycles. The maximum absolute atomic E-state index is 13.2. The molecule has 2 aliphatic heterocycles. The molecular formula is C17H24BrClN2O2. The fourth-order valence-corrected chi connectivity index (χ4v) is 4.28. The molecule has 0 spiro atoms. The van der Waals surface area contributed by atoms with Crippen molar-refractivity contribution < 1.29 is 9.53 Å². The third-order valence-electron chi connectivity index (χ3n) is 4.93. The third kappa shape index (κ3) is 3.73. The van der Waals surface area contributed by atoms with Crippen molar-refractivity contribution in [3.05, 3.63) is 33.8 Å². The summed E-state index contributed by atoms with van der Waals surface area (Å²) in [6, 6.07) is 6.26. The van der Waals surface area contributed by atoms with Gasteiger partial charge in [0, 0.05) is 24.7 Å². The van der Waals surface area contributed by atoms with Gasteiger partial charge < -0.3 is 15.0 Å². The zero-order chi connectivity index (χ0) is 15.6. The van der Waals surface area contributed by atoms with Gasteiger partial charge in [0.15, 0.2) is 0 Å². The van der Waals surface area contributed by atoms with Crippen LogP contribution in [0.2, 0.25) is 0 Å². The van der Waals surface area contributed by atoms with E-state index >= 15 is 0 Å². The Morgan fingerprint density at radius 2 is 2.13 bits per heavy atom. The second-order valence-corrected chi connectivity index (χ2v) is 7.17. The lowest BCUT2D eigenvalue weighted by Crippen LogP contribution is -2.52. The highest BCUT2D eigenvalue weighted by atomic mass is 79.9. The Labute approximate surface area is 152 Å². The van der Waals surface area contributed by atoms with E-state index in [4.69, 9.17) is 4.74 Å². The molecule has 0 saturated carbocycles. The van der Waals surface area contributed by atoms with Crippen molar-refractivity contribution in [3.8, 4) is 0 Å². The van der Waals surface area contributed by atoms with Crippen LogP contribution >= 0.6 is 28.3 Å². The van der Waals surface area contributed by atoms with Gasteiger partial charge in [-0.25, -0.2) is 0 Å². The minimum Gasteiger partial charge on any atom is -0.384 e. The number of carbonyl (C=O) groups is 1. The molecule has 1 aromatic carbocycles. The molecule has 128 valence electrons. The fourth-order valence-electron chi connectivity index (χ4n) is 3.67. The van der Waals surface area contributed by atoms with Crippen LogP contribution in [-0.2, 0) is 22.5 Å². The molecular weight excluding hydrogens is 380 g/mol. The first-order chi connectivity index (χ1) is 10.7. The van der Waals surface area contributed by atoms with E-state index in [2.05, 4.69) is 33.4 Å². The SMILES string of the molecule is COCC1(C(=O)N2CCc3c(Br)cccc3C2)CCNCC1.Cl. The van der Waals surface area contributed by atoms with Crippen molar-refractivity contribution in [2.24, 2.45) is 5.41 Å². The first-order valence-electron chi connectivity index (χ1n) is 7.91. The van der Waals surface area contributed by atoms with Crippen molar-refractivity contribution in [2.75, 3.05) is 33.4 Å². The third-order valence-corrected chi connectivity index (χ3v) is 5.67. The molecule has 1 N–H and O–H groups in total. The van der Waals surface area contributed by atoms with Crippen molar-refractivity contribution in [2.45, 2.75) is 25.8 Å². The molecule has 0 aromatic heterocycles. The minimum absolute atomic E-state index is 0. The van der Waals surface area contributed by atoms with Crippen molar-refractivity contribution in [1.82, 2.24) is 10.2 Å². The van der Waals surface area contributed by atoms with Crippen LogP contribution in [0.1, 0.15) is 24.0 Å². The van der Waals surface area contributed by atoms with Gasteiger partial charge in [-0.05, 0) is 49.5 Å². The number of piperidine rings is 1. The maximum Gasteiger partial charge on any atom is 0.231 e. The van der Waals surface area contributed by atoms with Gasteiger partial charge in [0.05, 0.1) is 12.0 Å². The molecule has 1 amide bonds. The summed E-state index contributed by atoms with van der Waals surface area (Å²) in [7, 11) is 1.69. The lowest BCUT2D eigenvalue weighted by Gasteiger charge is -2.41. The van der Waals surface area contributed by atoms with E-state index in [0.717, 1.165) is 43.4 Å². The number of rotatable bonds is 3. The molecule has 4 nitrogen and oxygen atoms in total. The summed E-state index contributed by atoms with van der Waals surface area (Å²) in [4.78, 5) is 15.2. The van der Waals surface area contributed by atoms with Gasteiger partial charge in [-0.15, -0.1) is 12.4 Å². The minimum atomic E-state index is -0.344. The maximum atomic E-state index is 13.2. The molecule has 3 rings (SSSR count). The Morgan fingerprint density at radius 1 is 1.39 bits per heavy atom. The van der Waals surface area contributed by atoms with E-state index in [1.54, 1.807) is 7.11 Å². The molecule has 1 aromatic rings. The first-order valence-corrected chi connectivity index (χ1v) is 8.71. The summed E-state index contributed by atoms with van der Waals surface area (Å²) in [5, 5.41) is 3.35. The number of carbonyl (C=O) groups excluding carboxylic acids is 1. The Kier molecular flexibility index (Phi) is 6.48. The Bertz CT molecular complexity index is 556. The van der Waals surface area contributed by atoms with E-state index < -0.39 is 0 Å². The number of hydrogen-bond donors (Lipinski definition) is 1. The van der Waals surface area contributed by atoms with Crippen molar-refractivity contribution >= 4 is 34.2 Å². The molecule has 23 heavy (non-hydrogen) atoms. The molecule has 0 aliphatic carbocycles. The second kappa shape index (κ2) is 7.97. The van der Waals surface area contributed by atoms with Gasteiger partial charge >= 0.3 is 0 Å². The van der Waals surface area contributed by atoms with Crippen LogP contribution in [0.25, 0.3) is 0 Å². The molecule has 0 bridgehead atoms. The van der Waals surface area contributed by atoms with Crippen molar-refractivity contribution in [1.29, 1.82) is 0 Å². The number of hydrogen-bond acceptors (Lipinski definition) is 3. The van der Waals surface area contributed by atoms with Gasteiger partial charge in [-0.3, -0.25) is 4.79 Å². The molecule has 2 aliphatic rings. The van der Waals surface area contributed by atoms with Crippen molar-refractivity contribution in [3.63, 3.8) is 0 Å². The molecule has 0 radical (unpaired) electrons. The standard InChI is InChI=1S/C17H23BrN2O2.ClH/c1-22-12-17(6-8-19-9-7-17)16(21)20-10-5-14-13(11-20)3-2-4-15(14)18;/h2-4,19H,5-12H2,1H3;1H. The highest BCUT2D eigenvalue weighted by Gasteiger charge is 2.42. The van der Waals surface area contributed by atoms with Crippen LogP contribution in [0, 0.1) is 5.41 Å². The lowest BCUT2D eigenvalue weighted by molar-refractivity contribution is -0.148. The van der Waals surface area contributed by atoms with Crippen LogP contribution in [0.3, 0.4) is 0 Å². The van der Waals surface area contributed by atoms with Gasteiger partial charge in [0.25, 0.3) is 0 Å². The average molecular weight is 404 g/mol. The van der Waals surface area contributed by atoms with E-state index in [9.17, 15) is 4.79 Å². The molecule has 0 unspecified atom stereocenters. The van der Waals surface area contributed by atoms with Gasteiger partial charge in [0.2, 0.25) is 5.91 Å². The average Bonchev–Trinajstić information content (AvgIpc) is 2.55. The van der Waals surface area contributed by atoms with Crippen LogP contribution < -0.4 is 5.32 Å². The normalized spacial score (nSPS) is 19.7. The molecule has 6 heteroatoms. The number of benzene rings is 1. The summed E-state index contributed by atoms with van der Waals surface area (Å²) in [6.07, 6.45) is 2.65. The summed E-state index contributed by atoms with van der Waals surface area (Å²) in [5.41, 5.74) is 2.26. The summed E-state index contributed by atoms with van der Waals surface area (Å²) in [5.74, 6) is 0.265. The Hall–Kier alpha value is -0.620. The summed E-state index contributed by atoms with van der Waals surface area (Å²) >= 11 is 3.62. The van der Waals surface area contributed by atoms with E-state index in [1.165, 1.54) is 11.1 Å². The number of fused-ring (bicyclic) bond motifs is 1. The van der Waals surface area contributed by atoms with Gasteiger partial charge in [0.1, 0.15) is 0 Å². The number of halogens is 2. The monoisotopic (exact) mass is 402 g/mol. The highest BCUT2D eigenvalue weighted by Crippen LogP contribution is 2.34. The number of nitrogens with zero attached hydrogens (tertiary/aromatic N) is 1. The van der Waals surface area contributed by atoms with Gasteiger partial charge in [-0.2, -0.15) is 0 Å². The molecule has 1 fully saturated rings. The van der Waals surface area contributed by atoms with E-state index in [1.807, 2.05) is 11.0 Å². The van der Waals surface area contributed by atoms with Crippen LogP contribution in [0.15, 0.2) is 22.7 Å². The predicted molar refractivity (Wildman–Crippen MR) is 96.9 cm³/mol. The van der Waals surface area contributed by atoms with E-state index in [0.29, 0.717) is 13.2 Å². The van der Waals surface area contributed by atoms with Gasteiger partial charge in [-0.1, -0.05) is 28.1 Å². The summed E-state index contributed by atoms with van der Waals surface area (Å²) in [6.45, 7) is 3.82. The smallest absolute Gasteiger partial charge is 0.231 e. The highest BCUT2D eigenvalue weighted by molar-refractivity contribution is 9.10. The zero-order valence-corrected chi connectivity index (χ0v) is 15.8. The van der Waals surface area contributed by atoms with Crippen LogP contribution in [0.5, 0.6) is 0 Å². The van der Waals surface area contributed by atoms with Crippen LogP contribution in [-0.4, -0.2) is 44.2 Å². The zero-order valence-electron chi connectivity index (χ0n) is 13.4. The Balaban J connectivity index is 0.00000192. The molecule has 0 atom stereocenters. The second-order valence-electron chi connectivity index (χ2n) is 6.32. The topological polar surface area (TPSA) is 41.6 Å². The Morgan fingerprint density at radius 3 is 2.83 bits per heavy atom. The number of ether oxygens (including phenoxy) is 1. The lowest BCUT2D eigenvalue weighted by atomic mass is 9.77. The first kappa shape index (κ1) is 18.7. The largest absolute Gasteiger partial charge is 0.384 e. The number of nitrogens with one attached hydrogen (secondary N) is 1. The molecule has 2 heterocycles. The quantitative estimate of drug-likeness (QED) is 0.844. The number of amides is 1.